The number of hydrogen-bond acceptors (Lipinski definition) is 4. The Morgan fingerprint density at radius 3 is 1.80 bits per heavy atom. The van der Waals surface area contributed by atoms with Crippen LogP contribution in [0.25, 0.3) is 0 Å². The minimum Gasteiger partial charge on any atom is -0.481 e. The summed E-state index contributed by atoms with van der Waals surface area (Å²) in [6, 6.07) is 0. The third-order valence-electron chi connectivity index (χ3n) is 2.40. The third-order valence-corrected chi connectivity index (χ3v) is 2.40. The average Bonchev–Trinajstić information content (AvgIpc) is 2.41. The van der Waals surface area contributed by atoms with Crippen LogP contribution in [0, 0.1) is 5.92 Å². The molecule has 1 saturated carbocycles. The number of aliphatic carboxylic acids is 1. The zero-order chi connectivity index (χ0) is 16.0. The number of carboxylic acids is 1. The van der Waals surface area contributed by atoms with Crippen molar-refractivity contribution in [3.8, 4) is 0 Å². The Morgan fingerprint density at radius 1 is 1.20 bits per heavy atom. The quantitative estimate of drug-likeness (QED) is 0.468. The molecular formula is C14H23NO5. The van der Waals surface area contributed by atoms with Gasteiger partial charge in [0.2, 0.25) is 5.91 Å². The average molecular weight is 285 g/mol. The van der Waals surface area contributed by atoms with Gasteiger partial charge in [-0.15, -0.1) is 0 Å². The second-order valence-electron chi connectivity index (χ2n) is 4.06. The van der Waals surface area contributed by atoms with Crippen LogP contribution in [0.5, 0.6) is 0 Å². The van der Waals surface area contributed by atoms with Crippen molar-refractivity contribution in [1.29, 1.82) is 0 Å². The van der Waals surface area contributed by atoms with Gasteiger partial charge in [0.05, 0.1) is 12.2 Å². The van der Waals surface area contributed by atoms with Crippen LogP contribution in [0.15, 0.2) is 25.5 Å². The first-order chi connectivity index (χ1) is 9.34. The van der Waals surface area contributed by atoms with E-state index < -0.39 is 11.9 Å². The van der Waals surface area contributed by atoms with Gasteiger partial charge in [0.15, 0.2) is 0 Å². The van der Waals surface area contributed by atoms with Gasteiger partial charge in [-0.2, -0.15) is 0 Å². The summed E-state index contributed by atoms with van der Waals surface area (Å²) < 4.78 is 4.17. The van der Waals surface area contributed by atoms with Gasteiger partial charge in [0.1, 0.15) is 0 Å². The SMILES string of the molecule is C=CC(N)=O.C=COC(C)=O.O=C(O)C1CCCCC1. The fourth-order valence-electron chi connectivity index (χ4n) is 1.47. The molecule has 0 aliphatic heterocycles. The highest BCUT2D eigenvalue weighted by atomic mass is 16.5. The molecule has 6 heteroatoms. The number of esters is 1. The number of nitrogens with two attached hydrogens (primary N) is 1. The maximum Gasteiger partial charge on any atom is 0.307 e. The molecule has 0 spiro atoms. The lowest BCUT2D eigenvalue weighted by Crippen LogP contribution is -2.16. The van der Waals surface area contributed by atoms with E-state index in [0.29, 0.717) is 0 Å². The summed E-state index contributed by atoms with van der Waals surface area (Å²) in [4.78, 5) is 29.6. The van der Waals surface area contributed by atoms with Crippen molar-refractivity contribution in [3.05, 3.63) is 25.5 Å². The van der Waals surface area contributed by atoms with E-state index >= 15 is 0 Å². The minimum absolute atomic E-state index is 0.0289. The Kier molecular flexibility index (Phi) is 13.5. The Bertz CT molecular complexity index is 332. The molecule has 20 heavy (non-hydrogen) atoms. The van der Waals surface area contributed by atoms with Crippen LogP contribution in [0.3, 0.4) is 0 Å². The predicted molar refractivity (Wildman–Crippen MR) is 75.6 cm³/mol. The maximum atomic E-state index is 10.4. The van der Waals surface area contributed by atoms with E-state index in [-0.39, 0.29) is 11.9 Å². The lowest BCUT2D eigenvalue weighted by atomic mass is 9.90. The van der Waals surface area contributed by atoms with Gasteiger partial charge in [-0.25, -0.2) is 0 Å². The molecule has 1 aliphatic rings. The van der Waals surface area contributed by atoms with Crippen LogP contribution in [-0.2, 0) is 19.1 Å². The third kappa shape index (κ3) is 15.9. The molecule has 0 bridgehead atoms. The first-order valence-corrected chi connectivity index (χ1v) is 6.27. The van der Waals surface area contributed by atoms with Crippen molar-refractivity contribution in [2.75, 3.05) is 0 Å². The standard InChI is InChI=1S/C7H12O2.C4H6O2.C3H5NO/c8-7(9)6-4-2-1-3-5-6;1-3-6-4(2)5;1-2-3(4)5/h6H,1-5H2,(H,8,9);3H,1H2,2H3;2H,1H2,(H2,4,5). The van der Waals surface area contributed by atoms with E-state index in [1.54, 1.807) is 0 Å². The summed E-state index contributed by atoms with van der Waals surface area (Å²) in [6.45, 7) is 7.56. The molecule has 0 heterocycles. The number of amides is 1. The molecule has 1 amide bonds. The Labute approximate surface area is 119 Å². The molecule has 6 nitrogen and oxygen atoms in total. The molecule has 0 unspecified atom stereocenters. The first kappa shape index (κ1) is 20.2. The lowest BCUT2D eigenvalue weighted by Gasteiger charge is -2.16. The maximum absolute atomic E-state index is 10.4. The number of rotatable bonds is 3. The predicted octanol–water partition coefficient (Wildman–Crippen LogP) is 2.00. The first-order valence-electron chi connectivity index (χ1n) is 6.27. The topological polar surface area (TPSA) is 107 Å². The van der Waals surface area contributed by atoms with E-state index in [4.69, 9.17) is 5.11 Å². The van der Waals surface area contributed by atoms with Gasteiger partial charge in [0, 0.05) is 6.92 Å². The normalized spacial score (nSPS) is 13.4. The molecule has 114 valence electrons. The molecule has 1 rings (SSSR count). The van der Waals surface area contributed by atoms with Crippen LogP contribution in [0.4, 0.5) is 0 Å². The van der Waals surface area contributed by atoms with Crippen LogP contribution in [0.1, 0.15) is 39.0 Å². The van der Waals surface area contributed by atoms with E-state index in [9.17, 15) is 14.4 Å². The van der Waals surface area contributed by atoms with Gasteiger partial charge in [-0.1, -0.05) is 32.4 Å². The second-order valence-corrected chi connectivity index (χ2v) is 4.06. The summed E-state index contributed by atoms with van der Waals surface area (Å²) >= 11 is 0. The molecule has 3 N–H and O–H groups in total. The van der Waals surface area contributed by atoms with Crippen molar-refractivity contribution in [1.82, 2.24) is 0 Å². The van der Waals surface area contributed by atoms with Crippen molar-refractivity contribution in [3.63, 3.8) is 0 Å². The summed E-state index contributed by atoms with van der Waals surface area (Å²) in [5, 5.41) is 8.54. The van der Waals surface area contributed by atoms with Crippen LogP contribution < -0.4 is 5.73 Å². The molecule has 0 radical (unpaired) electrons. The number of hydrogen-bond donors (Lipinski definition) is 2. The van der Waals surface area contributed by atoms with Gasteiger partial charge in [-0.3, -0.25) is 14.4 Å². The largest absolute Gasteiger partial charge is 0.481 e. The molecule has 1 aliphatic carbocycles. The van der Waals surface area contributed by atoms with E-state index in [2.05, 4.69) is 23.6 Å². The molecule has 1 fully saturated rings. The fraction of sp³-hybridized carbons (Fsp3) is 0.500. The molecule has 0 aromatic carbocycles. The summed E-state index contributed by atoms with van der Waals surface area (Å²) in [7, 11) is 0. The van der Waals surface area contributed by atoms with Crippen molar-refractivity contribution >= 4 is 17.8 Å². The highest BCUT2D eigenvalue weighted by Crippen LogP contribution is 2.23. The summed E-state index contributed by atoms with van der Waals surface area (Å²) in [5.41, 5.74) is 4.53. The molecule has 0 aromatic heterocycles. The van der Waals surface area contributed by atoms with Gasteiger partial charge < -0.3 is 15.6 Å². The number of carbonyl (C=O) groups excluding carboxylic acids is 2. The number of ether oxygens (including phenoxy) is 1. The smallest absolute Gasteiger partial charge is 0.307 e. The molecule has 0 saturated heterocycles. The molecule has 0 aromatic rings. The monoisotopic (exact) mass is 285 g/mol. The van der Waals surface area contributed by atoms with Gasteiger partial charge in [0.25, 0.3) is 0 Å². The van der Waals surface area contributed by atoms with Crippen molar-refractivity contribution < 1.29 is 24.2 Å². The Balaban J connectivity index is 0. The number of carboxylic acid groups (broad SMARTS) is 1. The van der Waals surface area contributed by atoms with Crippen LogP contribution >= 0.6 is 0 Å². The Morgan fingerprint density at radius 2 is 1.65 bits per heavy atom. The van der Waals surface area contributed by atoms with E-state index in [0.717, 1.165) is 38.0 Å². The molecular weight excluding hydrogens is 262 g/mol. The lowest BCUT2D eigenvalue weighted by molar-refractivity contribution is -0.142. The zero-order valence-corrected chi connectivity index (χ0v) is 11.8. The van der Waals surface area contributed by atoms with E-state index in [1.807, 2.05) is 0 Å². The van der Waals surface area contributed by atoms with E-state index in [1.165, 1.54) is 13.3 Å². The summed E-state index contributed by atoms with van der Waals surface area (Å²) in [6.07, 6.45) is 7.39. The fourth-order valence-corrected chi connectivity index (χ4v) is 1.47. The van der Waals surface area contributed by atoms with Gasteiger partial charge in [-0.05, 0) is 18.9 Å². The summed E-state index contributed by atoms with van der Waals surface area (Å²) in [5.74, 6) is -1.44. The minimum atomic E-state index is -0.602. The number of carbonyl (C=O) groups is 3. The highest BCUT2D eigenvalue weighted by molar-refractivity contribution is 5.84. The van der Waals surface area contributed by atoms with Crippen molar-refractivity contribution in [2.45, 2.75) is 39.0 Å². The van der Waals surface area contributed by atoms with Crippen LogP contribution in [0.2, 0.25) is 0 Å². The van der Waals surface area contributed by atoms with Crippen molar-refractivity contribution in [2.24, 2.45) is 11.7 Å². The van der Waals surface area contributed by atoms with Gasteiger partial charge >= 0.3 is 11.9 Å². The number of primary amides is 1. The van der Waals surface area contributed by atoms with Crippen LogP contribution in [-0.4, -0.2) is 23.0 Å². The highest BCUT2D eigenvalue weighted by Gasteiger charge is 2.19. The zero-order valence-electron chi connectivity index (χ0n) is 11.8. The second kappa shape index (κ2) is 13.3. The Hall–Kier alpha value is -2.11. The molecule has 0 atom stereocenters.